The Balaban J connectivity index is 1.70. The molecule has 5 nitrogen and oxygen atoms in total. The Morgan fingerprint density at radius 3 is 2.64 bits per heavy atom. The van der Waals surface area contributed by atoms with Gasteiger partial charge in [-0.15, -0.1) is 0 Å². The van der Waals surface area contributed by atoms with E-state index in [-0.39, 0.29) is 27.6 Å². The Hall–Kier alpha value is -0.370. The van der Waals surface area contributed by atoms with Crippen molar-refractivity contribution in [3.8, 4) is 0 Å². The van der Waals surface area contributed by atoms with Crippen LogP contribution in [0, 0.1) is 0 Å². The van der Waals surface area contributed by atoms with Crippen molar-refractivity contribution in [2.75, 3.05) is 26.4 Å². The minimum atomic E-state index is -3.61. The molecule has 1 atom stereocenters. The first kappa shape index (κ1) is 18.0. The molecule has 2 rings (SSSR count). The minimum absolute atomic E-state index is 0.0604. The molecule has 22 heavy (non-hydrogen) atoms. The summed E-state index contributed by atoms with van der Waals surface area (Å²) in [7, 11) is -3.61. The Morgan fingerprint density at radius 1 is 1.27 bits per heavy atom. The van der Waals surface area contributed by atoms with Gasteiger partial charge in [-0.2, -0.15) is 0 Å². The lowest BCUT2D eigenvalue weighted by Crippen LogP contribution is -2.26. The lowest BCUT2D eigenvalue weighted by Gasteiger charge is -2.10. The van der Waals surface area contributed by atoms with Gasteiger partial charge < -0.3 is 9.47 Å². The van der Waals surface area contributed by atoms with E-state index in [0.29, 0.717) is 19.6 Å². The second kappa shape index (κ2) is 8.47. The van der Waals surface area contributed by atoms with Gasteiger partial charge in [0, 0.05) is 29.8 Å². The summed E-state index contributed by atoms with van der Waals surface area (Å²) >= 11 is 11.6. The molecule has 0 saturated carbocycles. The zero-order valence-corrected chi connectivity index (χ0v) is 14.4. The first-order chi connectivity index (χ1) is 10.5. The van der Waals surface area contributed by atoms with Crippen LogP contribution in [0.3, 0.4) is 0 Å². The largest absolute Gasteiger partial charge is 0.379 e. The summed E-state index contributed by atoms with van der Waals surface area (Å²) in [5.74, 6) is 0. The molecule has 1 unspecified atom stereocenters. The second-order valence-corrected chi connectivity index (χ2v) is 7.71. The molecule has 1 heterocycles. The molecule has 1 N–H and O–H groups in total. The van der Waals surface area contributed by atoms with E-state index in [1.54, 1.807) is 0 Å². The van der Waals surface area contributed by atoms with Gasteiger partial charge in [0.15, 0.2) is 0 Å². The zero-order valence-electron chi connectivity index (χ0n) is 12.1. The normalized spacial score (nSPS) is 18.7. The van der Waals surface area contributed by atoms with Crippen LogP contribution in [0.15, 0.2) is 23.1 Å². The third-order valence-electron chi connectivity index (χ3n) is 3.23. The lowest BCUT2D eigenvalue weighted by molar-refractivity contribution is 0.0169. The van der Waals surface area contributed by atoms with Crippen LogP contribution in [-0.2, 0) is 19.5 Å². The SMILES string of the molecule is O=S(=O)(NCCCOCC1CCCO1)c1cc(Cl)cc(Cl)c1. The Bertz CT molecular complexity index is 568. The van der Waals surface area contributed by atoms with Gasteiger partial charge in [-0.25, -0.2) is 13.1 Å². The molecule has 0 aromatic heterocycles. The smallest absolute Gasteiger partial charge is 0.240 e. The van der Waals surface area contributed by atoms with Crippen LogP contribution < -0.4 is 4.72 Å². The molecule has 1 aliphatic heterocycles. The quantitative estimate of drug-likeness (QED) is 0.717. The van der Waals surface area contributed by atoms with Gasteiger partial charge in [-0.3, -0.25) is 0 Å². The van der Waals surface area contributed by atoms with Crippen molar-refractivity contribution in [3.63, 3.8) is 0 Å². The predicted octanol–water partition coefficient (Wildman–Crippen LogP) is 2.86. The Morgan fingerprint density at radius 2 is 2.00 bits per heavy atom. The van der Waals surface area contributed by atoms with E-state index in [0.717, 1.165) is 19.4 Å². The van der Waals surface area contributed by atoms with Gasteiger partial charge in [0.05, 0.1) is 17.6 Å². The summed E-state index contributed by atoms with van der Waals surface area (Å²) in [5, 5.41) is 0.570. The molecule has 1 fully saturated rings. The zero-order chi connectivity index (χ0) is 16.0. The summed E-state index contributed by atoms with van der Waals surface area (Å²) in [5.41, 5.74) is 0. The second-order valence-electron chi connectivity index (χ2n) is 5.07. The van der Waals surface area contributed by atoms with Gasteiger partial charge in [-0.1, -0.05) is 23.2 Å². The highest BCUT2D eigenvalue weighted by molar-refractivity contribution is 7.89. The molecule has 1 aromatic carbocycles. The van der Waals surface area contributed by atoms with Crippen molar-refractivity contribution in [2.24, 2.45) is 0 Å². The van der Waals surface area contributed by atoms with Crippen molar-refractivity contribution in [1.29, 1.82) is 0 Å². The summed E-state index contributed by atoms with van der Waals surface area (Å²) in [6, 6.07) is 4.22. The summed E-state index contributed by atoms with van der Waals surface area (Å²) in [4.78, 5) is 0.0604. The Kier molecular flexibility index (Phi) is 6.92. The van der Waals surface area contributed by atoms with Crippen LogP contribution in [0.25, 0.3) is 0 Å². The molecular formula is C14H19Cl2NO4S. The number of hydrogen-bond donors (Lipinski definition) is 1. The van der Waals surface area contributed by atoms with E-state index in [2.05, 4.69) is 4.72 Å². The Labute approximate surface area is 140 Å². The maximum Gasteiger partial charge on any atom is 0.240 e. The average Bonchev–Trinajstić information content (AvgIpc) is 2.95. The molecule has 1 aliphatic rings. The fourth-order valence-corrected chi connectivity index (χ4v) is 3.94. The fraction of sp³-hybridized carbons (Fsp3) is 0.571. The van der Waals surface area contributed by atoms with E-state index in [1.807, 2.05) is 0 Å². The van der Waals surface area contributed by atoms with Crippen LogP contribution in [0.2, 0.25) is 10.0 Å². The van der Waals surface area contributed by atoms with Crippen LogP contribution in [-0.4, -0.2) is 40.9 Å². The van der Waals surface area contributed by atoms with E-state index in [4.69, 9.17) is 32.7 Å². The van der Waals surface area contributed by atoms with Crippen LogP contribution in [0.4, 0.5) is 0 Å². The maximum atomic E-state index is 12.1. The van der Waals surface area contributed by atoms with Crippen LogP contribution in [0.1, 0.15) is 19.3 Å². The average molecular weight is 368 g/mol. The molecule has 0 amide bonds. The van der Waals surface area contributed by atoms with E-state index >= 15 is 0 Å². The van der Waals surface area contributed by atoms with Crippen molar-refractivity contribution in [1.82, 2.24) is 4.72 Å². The van der Waals surface area contributed by atoms with Gasteiger partial charge in [0.2, 0.25) is 10.0 Å². The molecule has 1 aromatic rings. The number of nitrogens with one attached hydrogen (secondary N) is 1. The van der Waals surface area contributed by atoms with Gasteiger partial charge >= 0.3 is 0 Å². The monoisotopic (exact) mass is 367 g/mol. The predicted molar refractivity (Wildman–Crippen MR) is 86.1 cm³/mol. The molecule has 124 valence electrons. The number of benzene rings is 1. The molecule has 0 aliphatic carbocycles. The van der Waals surface area contributed by atoms with Gasteiger partial charge in [0.1, 0.15) is 0 Å². The first-order valence-electron chi connectivity index (χ1n) is 7.12. The van der Waals surface area contributed by atoms with Crippen molar-refractivity contribution < 1.29 is 17.9 Å². The highest BCUT2D eigenvalue weighted by atomic mass is 35.5. The molecule has 0 radical (unpaired) electrons. The number of hydrogen-bond acceptors (Lipinski definition) is 4. The van der Waals surface area contributed by atoms with Crippen molar-refractivity contribution >= 4 is 33.2 Å². The highest BCUT2D eigenvalue weighted by Gasteiger charge is 2.16. The molecular weight excluding hydrogens is 349 g/mol. The summed E-state index contributed by atoms with van der Waals surface area (Å²) in [6.07, 6.45) is 2.88. The summed E-state index contributed by atoms with van der Waals surface area (Å²) in [6.45, 7) is 2.14. The number of halogens is 2. The third kappa shape index (κ3) is 5.68. The molecule has 0 bridgehead atoms. The summed E-state index contributed by atoms with van der Waals surface area (Å²) < 4.78 is 37.6. The topological polar surface area (TPSA) is 64.6 Å². The number of ether oxygens (including phenoxy) is 2. The molecule has 1 saturated heterocycles. The highest BCUT2D eigenvalue weighted by Crippen LogP contribution is 2.22. The van der Waals surface area contributed by atoms with E-state index in [9.17, 15) is 8.42 Å². The van der Waals surface area contributed by atoms with Gasteiger partial charge in [0.25, 0.3) is 0 Å². The standard InChI is InChI=1S/C14H19Cl2NO4S/c15-11-7-12(16)9-14(8-11)22(18,19)17-4-2-5-20-10-13-3-1-6-21-13/h7-9,13,17H,1-6,10H2. The van der Waals surface area contributed by atoms with E-state index in [1.165, 1.54) is 18.2 Å². The number of rotatable bonds is 8. The van der Waals surface area contributed by atoms with Crippen LogP contribution in [0.5, 0.6) is 0 Å². The number of sulfonamides is 1. The van der Waals surface area contributed by atoms with Crippen LogP contribution >= 0.6 is 23.2 Å². The maximum absolute atomic E-state index is 12.1. The first-order valence-corrected chi connectivity index (χ1v) is 9.36. The van der Waals surface area contributed by atoms with E-state index < -0.39 is 10.0 Å². The fourth-order valence-electron chi connectivity index (χ4n) is 2.14. The lowest BCUT2D eigenvalue weighted by atomic mass is 10.2. The van der Waals surface area contributed by atoms with Crippen molar-refractivity contribution in [3.05, 3.63) is 28.2 Å². The molecule has 0 spiro atoms. The van der Waals surface area contributed by atoms with Crippen molar-refractivity contribution in [2.45, 2.75) is 30.3 Å². The molecule has 8 heteroatoms. The third-order valence-corrected chi connectivity index (χ3v) is 5.11. The minimum Gasteiger partial charge on any atom is -0.379 e. The van der Waals surface area contributed by atoms with Gasteiger partial charge in [-0.05, 0) is 37.5 Å².